The van der Waals surface area contributed by atoms with E-state index in [0.717, 1.165) is 19.3 Å². The molecule has 0 saturated carbocycles. The van der Waals surface area contributed by atoms with Crippen molar-refractivity contribution in [1.82, 2.24) is 0 Å². The van der Waals surface area contributed by atoms with Crippen LogP contribution in [-0.4, -0.2) is 40.9 Å². The normalized spacial score (nSPS) is 21.7. The fraction of sp³-hybridized carbons (Fsp3) is 0.867. The van der Waals surface area contributed by atoms with Crippen LogP contribution < -0.4 is 0 Å². The molecule has 0 radical (unpaired) electrons. The highest BCUT2D eigenvalue weighted by Crippen LogP contribution is 2.25. The van der Waals surface area contributed by atoms with Gasteiger partial charge in [-0.05, 0) is 47.0 Å². The van der Waals surface area contributed by atoms with Crippen LogP contribution in [0.25, 0.3) is 0 Å². The molecular weight excluding hydrogens is 244 g/mol. The quantitative estimate of drug-likeness (QED) is 0.699. The predicted molar refractivity (Wildman–Crippen MR) is 74.8 cm³/mol. The topological polar surface area (TPSA) is 58.9 Å². The van der Waals surface area contributed by atoms with Gasteiger partial charge in [0.05, 0.1) is 24.9 Å². The molecule has 0 aromatic carbocycles. The average Bonchev–Trinajstić information content (AvgIpc) is 2.71. The molecule has 0 unspecified atom stereocenters. The maximum absolute atomic E-state index is 9.76. The van der Waals surface area contributed by atoms with Gasteiger partial charge in [0.15, 0.2) is 5.79 Å². The molecule has 1 heterocycles. The van der Waals surface area contributed by atoms with Crippen molar-refractivity contribution in [2.24, 2.45) is 0 Å². The summed E-state index contributed by atoms with van der Waals surface area (Å²) >= 11 is 0. The summed E-state index contributed by atoms with van der Waals surface area (Å²) in [5, 5.41) is 19.4. The van der Waals surface area contributed by atoms with Gasteiger partial charge in [-0.3, -0.25) is 0 Å². The van der Waals surface area contributed by atoms with Crippen LogP contribution >= 0.6 is 0 Å². The Bertz CT molecular complexity index is 298. The minimum absolute atomic E-state index is 0.427. The molecule has 4 nitrogen and oxygen atoms in total. The Labute approximate surface area is 116 Å². The van der Waals surface area contributed by atoms with Gasteiger partial charge in [0, 0.05) is 6.42 Å². The van der Waals surface area contributed by atoms with Gasteiger partial charge in [0.2, 0.25) is 0 Å². The highest BCUT2D eigenvalue weighted by molar-refractivity contribution is 4.99. The van der Waals surface area contributed by atoms with Crippen molar-refractivity contribution in [1.29, 1.82) is 0 Å². The number of hydrogen-bond donors (Lipinski definition) is 2. The van der Waals surface area contributed by atoms with Gasteiger partial charge in [0.25, 0.3) is 0 Å². The molecule has 1 aliphatic rings. The second kappa shape index (κ2) is 6.84. The Morgan fingerprint density at radius 3 is 2.47 bits per heavy atom. The SMILES string of the molecule is C/C(=C\CCC1(C)OCCO1)CC[C@H](O)C(C)(C)O. The molecule has 1 saturated heterocycles. The molecule has 0 amide bonds. The van der Waals surface area contributed by atoms with Crippen molar-refractivity contribution in [2.45, 2.75) is 70.9 Å². The third-order valence-corrected chi connectivity index (χ3v) is 3.62. The second-order valence-electron chi connectivity index (χ2n) is 6.13. The summed E-state index contributed by atoms with van der Waals surface area (Å²) in [7, 11) is 0. The molecule has 19 heavy (non-hydrogen) atoms. The highest BCUT2D eigenvalue weighted by atomic mass is 16.7. The predicted octanol–water partition coefficient (Wildman–Crippen LogP) is 2.39. The van der Waals surface area contributed by atoms with E-state index in [9.17, 15) is 10.2 Å². The zero-order chi connectivity index (χ0) is 14.5. The van der Waals surface area contributed by atoms with Crippen molar-refractivity contribution in [3.05, 3.63) is 11.6 Å². The van der Waals surface area contributed by atoms with Crippen molar-refractivity contribution in [2.75, 3.05) is 13.2 Å². The highest BCUT2D eigenvalue weighted by Gasteiger charge is 2.29. The van der Waals surface area contributed by atoms with E-state index in [2.05, 4.69) is 13.0 Å². The van der Waals surface area contributed by atoms with Gasteiger partial charge in [-0.2, -0.15) is 0 Å². The first-order valence-corrected chi connectivity index (χ1v) is 7.07. The zero-order valence-electron chi connectivity index (χ0n) is 12.6. The number of rotatable bonds is 7. The smallest absolute Gasteiger partial charge is 0.166 e. The van der Waals surface area contributed by atoms with E-state index < -0.39 is 17.5 Å². The molecule has 1 rings (SSSR count). The molecule has 1 fully saturated rings. The fourth-order valence-corrected chi connectivity index (χ4v) is 2.10. The molecule has 0 aliphatic carbocycles. The lowest BCUT2D eigenvalue weighted by Crippen LogP contribution is -2.35. The van der Waals surface area contributed by atoms with E-state index in [1.165, 1.54) is 5.57 Å². The van der Waals surface area contributed by atoms with Crippen LogP contribution in [0.15, 0.2) is 11.6 Å². The fourth-order valence-electron chi connectivity index (χ4n) is 2.10. The number of aliphatic hydroxyl groups excluding tert-OH is 1. The first-order valence-electron chi connectivity index (χ1n) is 7.07. The van der Waals surface area contributed by atoms with Gasteiger partial charge in [-0.1, -0.05) is 11.6 Å². The Hall–Kier alpha value is -0.420. The summed E-state index contributed by atoms with van der Waals surface area (Å²) in [6.45, 7) is 8.64. The maximum atomic E-state index is 9.76. The molecule has 4 heteroatoms. The Balaban J connectivity index is 2.25. The lowest BCUT2D eigenvalue weighted by Gasteiger charge is -2.24. The third-order valence-electron chi connectivity index (χ3n) is 3.62. The Morgan fingerprint density at radius 2 is 1.95 bits per heavy atom. The minimum Gasteiger partial charge on any atom is -0.390 e. The molecule has 0 spiro atoms. The van der Waals surface area contributed by atoms with Gasteiger partial charge >= 0.3 is 0 Å². The Morgan fingerprint density at radius 1 is 1.37 bits per heavy atom. The Kier molecular flexibility index (Phi) is 5.99. The maximum Gasteiger partial charge on any atom is 0.166 e. The molecule has 1 atom stereocenters. The van der Waals surface area contributed by atoms with Crippen molar-refractivity contribution in [3.8, 4) is 0 Å². The van der Waals surface area contributed by atoms with Crippen molar-refractivity contribution >= 4 is 0 Å². The van der Waals surface area contributed by atoms with Crippen molar-refractivity contribution in [3.63, 3.8) is 0 Å². The summed E-state index contributed by atoms with van der Waals surface area (Å²) in [4.78, 5) is 0. The summed E-state index contributed by atoms with van der Waals surface area (Å²) < 4.78 is 11.1. The van der Waals surface area contributed by atoms with Crippen LogP contribution in [0.2, 0.25) is 0 Å². The summed E-state index contributed by atoms with van der Waals surface area (Å²) in [5.74, 6) is -0.427. The summed E-state index contributed by atoms with van der Waals surface area (Å²) in [5.41, 5.74) is 0.198. The van der Waals surface area contributed by atoms with Gasteiger partial charge in [0.1, 0.15) is 0 Å². The molecule has 0 bridgehead atoms. The van der Waals surface area contributed by atoms with Crippen molar-refractivity contribution < 1.29 is 19.7 Å². The summed E-state index contributed by atoms with van der Waals surface area (Å²) in [6.07, 6.45) is 4.60. The van der Waals surface area contributed by atoms with E-state index in [4.69, 9.17) is 9.47 Å². The monoisotopic (exact) mass is 272 g/mol. The van der Waals surface area contributed by atoms with E-state index in [-0.39, 0.29) is 0 Å². The summed E-state index contributed by atoms with van der Waals surface area (Å²) in [6, 6.07) is 0. The zero-order valence-corrected chi connectivity index (χ0v) is 12.6. The molecular formula is C15H28O4. The number of ether oxygens (including phenoxy) is 2. The van der Waals surface area contributed by atoms with E-state index in [0.29, 0.717) is 19.6 Å². The second-order valence-corrected chi connectivity index (χ2v) is 6.13. The van der Waals surface area contributed by atoms with Gasteiger partial charge < -0.3 is 19.7 Å². The lowest BCUT2D eigenvalue weighted by atomic mass is 9.95. The van der Waals surface area contributed by atoms with Crippen LogP contribution in [-0.2, 0) is 9.47 Å². The van der Waals surface area contributed by atoms with Gasteiger partial charge in [-0.15, -0.1) is 0 Å². The third kappa shape index (κ3) is 6.04. The van der Waals surface area contributed by atoms with Gasteiger partial charge in [-0.25, -0.2) is 0 Å². The van der Waals surface area contributed by atoms with E-state index >= 15 is 0 Å². The molecule has 0 aromatic heterocycles. The average molecular weight is 272 g/mol. The van der Waals surface area contributed by atoms with Crippen LogP contribution in [0, 0.1) is 0 Å². The van der Waals surface area contributed by atoms with E-state index in [1.807, 2.05) is 6.92 Å². The molecule has 1 aliphatic heterocycles. The van der Waals surface area contributed by atoms with Crippen LogP contribution in [0.3, 0.4) is 0 Å². The first kappa shape index (κ1) is 16.6. The lowest BCUT2D eigenvalue weighted by molar-refractivity contribution is -0.145. The van der Waals surface area contributed by atoms with Crippen LogP contribution in [0.4, 0.5) is 0 Å². The minimum atomic E-state index is -1.03. The van der Waals surface area contributed by atoms with Crippen LogP contribution in [0.1, 0.15) is 53.4 Å². The number of aliphatic hydroxyl groups is 2. The first-order chi connectivity index (χ1) is 8.73. The molecule has 2 N–H and O–H groups in total. The largest absolute Gasteiger partial charge is 0.390 e. The molecule has 112 valence electrons. The number of hydrogen-bond acceptors (Lipinski definition) is 4. The van der Waals surface area contributed by atoms with E-state index in [1.54, 1.807) is 13.8 Å². The number of allylic oxidation sites excluding steroid dienone is 2. The standard InChI is InChI=1S/C15H28O4/c1-12(7-8-13(16)14(2,3)17)6-5-9-15(4)18-10-11-19-15/h6,13,16-17H,5,7-11H2,1-4H3/b12-6+/t13-/m0/s1. The molecule has 0 aromatic rings. The van der Waals surface area contributed by atoms with Crippen LogP contribution in [0.5, 0.6) is 0 Å².